The summed E-state index contributed by atoms with van der Waals surface area (Å²) in [6.45, 7) is 1.68. The normalized spacial score (nSPS) is 11.9. The molecule has 0 spiro atoms. The number of aryl methyl sites for hydroxylation is 1. The quantitative estimate of drug-likeness (QED) is 0.580. The molecule has 0 aliphatic heterocycles. The molecule has 31 heavy (non-hydrogen) atoms. The summed E-state index contributed by atoms with van der Waals surface area (Å²) in [5, 5.41) is 2.72. The molecule has 8 heteroatoms. The highest BCUT2D eigenvalue weighted by molar-refractivity contribution is 7.90. The summed E-state index contributed by atoms with van der Waals surface area (Å²) < 4.78 is 63.0. The Morgan fingerprint density at radius 1 is 0.935 bits per heavy atom. The first-order valence-corrected chi connectivity index (χ1v) is 11.2. The van der Waals surface area contributed by atoms with Gasteiger partial charge in [0.1, 0.15) is 0 Å². The van der Waals surface area contributed by atoms with Gasteiger partial charge in [0.2, 0.25) is 5.91 Å². The van der Waals surface area contributed by atoms with E-state index >= 15 is 0 Å². The molecule has 1 N–H and O–H groups in total. The number of carbonyl (C=O) groups excluding carboxylic acids is 1. The number of sulfone groups is 1. The number of alkyl halides is 3. The third-order valence-electron chi connectivity index (χ3n) is 4.75. The van der Waals surface area contributed by atoms with Gasteiger partial charge >= 0.3 is 6.18 Å². The number of amides is 1. The zero-order chi connectivity index (χ0) is 22.8. The molecule has 1 amide bonds. The van der Waals surface area contributed by atoms with Crippen molar-refractivity contribution in [2.75, 3.05) is 11.6 Å². The van der Waals surface area contributed by atoms with Gasteiger partial charge in [0.15, 0.2) is 9.84 Å². The molecule has 0 atom stereocenters. The molecule has 0 fully saturated rings. The van der Waals surface area contributed by atoms with E-state index < -0.39 is 21.6 Å². The van der Waals surface area contributed by atoms with Crippen LogP contribution in [0.25, 0.3) is 11.1 Å². The topological polar surface area (TPSA) is 63.2 Å². The summed E-state index contributed by atoms with van der Waals surface area (Å²) in [4.78, 5) is 12.5. The molecule has 0 aromatic heterocycles. The van der Waals surface area contributed by atoms with Crippen LogP contribution in [0.3, 0.4) is 0 Å². The van der Waals surface area contributed by atoms with Crippen LogP contribution in [0.1, 0.15) is 16.7 Å². The zero-order valence-electron chi connectivity index (χ0n) is 16.8. The standard InChI is InChI=1S/C23H20F3NO3S/c1-15-13-17(9-12-19(15)20-5-3-4-6-21(20)23(24,25)26)27-22(28)14-16-7-10-18(11-8-16)31(2,29)30/h3-13H,14H2,1-2H3,(H,27,28). The molecule has 0 bridgehead atoms. The van der Waals surface area contributed by atoms with E-state index in [2.05, 4.69) is 5.32 Å². The second-order valence-corrected chi connectivity index (χ2v) is 9.23. The van der Waals surface area contributed by atoms with Crippen LogP contribution in [0.15, 0.2) is 71.6 Å². The molecule has 0 aliphatic carbocycles. The van der Waals surface area contributed by atoms with Crippen LogP contribution in [-0.4, -0.2) is 20.6 Å². The minimum Gasteiger partial charge on any atom is -0.326 e. The van der Waals surface area contributed by atoms with E-state index in [0.29, 0.717) is 22.4 Å². The van der Waals surface area contributed by atoms with E-state index in [-0.39, 0.29) is 22.8 Å². The first kappa shape index (κ1) is 22.6. The number of hydrogen-bond donors (Lipinski definition) is 1. The molecule has 162 valence electrons. The number of anilines is 1. The number of rotatable bonds is 5. The third-order valence-corrected chi connectivity index (χ3v) is 5.88. The van der Waals surface area contributed by atoms with Crippen LogP contribution in [0.4, 0.5) is 18.9 Å². The van der Waals surface area contributed by atoms with Gasteiger partial charge in [-0.15, -0.1) is 0 Å². The molecule has 0 radical (unpaired) electrons. The minimum absolute atomic E-state index is 0.0295. The lowest BCUT2D eigenvalue weighted by atomic mass is 9.95. The molecule has 3 aromatic carbocycles. The maximum atomic E-state index is 13.3. The summed E-state index contributed by atoms with van der Waals surface area (Å²) in [5.74, 6) is -0.324. The average molecular weight is 447 g/mol. The lowest BCUT2D eigenvalue weighted by molar-refractivity contribution is -0.137. The van der Waals surface area contributed by atoms with Gasteiger partial charge in [-0.1, -0.05) is 36.4 Å². The second kappa shape index (κ2) is 8.55. The Kier molecular flexibility index (Phi) is 6.22. The Morgan fingerprint density at radius 2 is 1.58 bits per heavy atom. The van der Waals surface area contributed by atoms with Crippen LogP contribution in [0, 0.1) is 6.92 Å². The summed E-state index contributed by atoms with van der Waals surface area (Å²) in [7, 11) is -3.31. The molecule has 0 saturated carbocycles. The van der Waals surface area contributed by atoms with E-state index in [1.165, 1.54) is 24.3 Å². The van der Waals surface area contributed by atoms with E-state index in [1.807, 2.05) is 0 Å². The summed E-state index contributed by atoms with van der Waals surface area (Å²) >= 11 is 0. The number of carbonyl (C=O) groups is 1. The van der Waals surface area contributed by atoms with Crippen LogP contribution >= 0.6 is 0 Å². The van der Waals surface area contributed by atoms with Crippen LogP contribution in [-0.2, 0) is 27.2 Å². The number of benzene rings is 3. The van der Waals surface area contributed by atoms with Crippen molar-refractivity contribution in [3.8, 4) is 11.1 Å². The van der Waals surface area contributed by atoms with E-state index in [1.54, 1.807) is 43.3 Å². The number of hydrogen-bond acceptors (Lipinski definition) is 3. The van der Waals surface area contributed by atoms with Crippen LogP contribution < -0.4 is 5.32 Å². The lowest BCUT2D eigenvalue weighted by Crippen LogP contribution is -2.14. The predicted octanol–water partition coefficient (Wildman–Crippen LogP) is 5.27. The monoisotopic (exact) mass is 447 g/mol. The third kappa shape index (κ3) is 5.52. The van der Waals surface area contributed by atoms with Crippen molar-refractivity contribution in [1.82, 2.24) is 0 Å². The molecule has 4 nitrogen and oxygen atoms in total. The van der Waals surface area contributed by atoms with Crippen molar-refractivity contribution in [1.29, 1.82) is 0 Å². The van der Waals surface area contributed by atoms with Gasteiger partial charge in [0.25, 0.3) is 0 Å². The zero-order valence-corrected chi connectivity index (χ0v) is 17.6. The summed E-state index contributed by atoms with van der Waals surface area (Å²) in [6, 6.07) is 16.1. The highest BCUT2D eigenvalue weighted by Crippen LogP contribution is 2.38. The Labute approximate surface area is 178 Å². The van der Waals surface area contributed by atoms with Crippen LogP contribution in [0.2, 0.25) is 0 Å². The molecule has 0 aliphatic rings. The molecule has 0 heterocycles. The van der Waals surface area contributed by atoms with Crippen molar-refractivity contribution < 1.29 is 26.4 Å². The first-order chi connectivity index (χ1) is 14.4. The van der Waals surface area contributed by atoms with Gasteiger partial charge in [-0.3, -0.25) is 4.79 Å². The second-order valence-electron chi connectivity index (χ2n) is 7.21. The van der Waals surface area contributed by atoms with Gasteiger partial charge in [-0.25, -0.2) is 8.42 Å². The lowest BCUT2D eigenvalue weighted by Gasteiger charge is -2.15. The molecule has 0 saturated heterocycles. The van der Waals surface area contributed by atoms with Gasteiger partial charge in [0, 0.05) is 11.9 Å². The fraction of sp³-hybridized carbons (Fsp3) is 0.174. The van der Waals surface area contributed by atoms with E-state index in [0.717, 1.165) is 12.3 Å². The highest BCUT2D eigenvalue weighted by atomic mass is 32.2. The van der Waals surface area contributed by atoms with Crippen molar-refractivity contribution in [3.63, 3.8) is 0 Å². The molecule has 3 aromatic rings. The smallest absolute Gasteiger partial charge is 0.326 e. The molecular formula is C23H20F3NO3S. The Morgan fingerprint density at radius 3 is 2.16 bits per heavy atom. The maximum Gasteiger partial charge on any atom is 0.417 e. The minimum atomic E-state index is -4.47. The average Bonchev–Trinajstić information content (AvgIpc) is 2.67. The Bertz CT molecular complexity index is 1220. The van der Waals surface area contributed by atoms with Crippen molar-refractivity contribution in [2.24, 2.45) is 0 Å². The van der Waals surface area contributed by atoms with Gasteiger partial charge < -0.3 is 5.32 Å². The summed E-state index contributed by atoms with van der Waals surface area (Å²) in [5.41, 5.74) is 1.49. The Balaban J connectivity index is 1.76. The van der Waals surface area contributed by atoms with E-state index in [9.17, 15) is 26.4 Å². The number of halogens is 3. The summed E-state index contributed by atoms with van der Waals surface area (Å²) in [6.07, 6.45) is -3.34. The highest BCUT2D eigenvalue weighted by Gasteiger charge is 2.33. The SMILES string of the molecule is Cc1cc(NC(=O)Cc2ccc(S(C)(=O)=O)cc2)ccc1-c1ccccc1C(F)(F)F. The fourth-order valence-corrected chi connectivity index (χ4v) is 3.88. The van der Waals surface area contributed by atoms with Gasteiger partial charge in [0.05, 0.1) is 16.9 Å². The van der Waals surface area contributed by atoms with Gasteiger partial charge in [-0.05, 0) is 59.5 Å². The van der Waals surface area contributed by atoms with Gasteiger partial charge in [-0.2, -0.15) is 13.2 Å². The number of nitrogens with one attached hydrogen (secondary N) is 1. The van der Waals surface area contributed by atoms with E-state index in [4.69, 9.17) is 0 Å². The first-order valence-electron chi connectivity index (χ1n) is 9.31. The predicted molar refractivity (Wildman–Crippen MR) is 114 cm³/mol. The van der Waals surface area contributed by atoms with Crippen molar-refractivity contribution >= 4 is 21.4 Å². The van der Waals surface area contributed by atoms with Crippen molar-refractivity contribution in [3.05, 3.63) is 83.4 Å². The molecule has 3 rings (SSSR count). The molecule has 0 unspecified atom stereocenters. The van der Waals surface area contributed by atoms with Crippen molar-refractivity contribution in [2.45, 2.75) is 24.4 Å². The Hall–Kier alpha value is -3.13. The largest absolute Gasteiger partial charge is 0.417 e. The fourth-order valence-electron chi connectivity index (χ4n) is 3.25. The van der Waals surface area contributed by atoms with Crippen LogP contribution in [0.5, 0.6) is 0 Å². The molecular weight excluding hydrogens is 427 g/mol. The maximum absolute atomic E-state index is 13.3.